The molecule has 0 unspecified atom stereocenters. The maximum atomic E-state index is 6.43. The molecule has 0 atom stereocenters. The Kier molecular flexibility index (Phi) is 4.62. The van der Waals surface area contributed by atoms with Gasteiger partial charge in [0.1, 0.15) is 0 Å². The predicted molar refractivity (Wildman–Crippen MR) is 113 cm³/mol. The molecule has 0 aliphatic rings. The number of fused-ring (bicyclic) bond motifs is 1. The molecule has 3 aromatic carbocycles. The third-order valence-corrected chi connectivity index (χ3v) is 4.68. The zero-order valence-electron chi connectivity index (χ0n) is 15.0. The number of hydrogen-bond acceptors (Lipinski definition) is 4. The fourth-order valence-corrected chi connectivity index (χ4v) is 3.29. The van der Waals surface area contributed by atoms with E-state index in [1.807, 2.05) is 60.7 Å². The topological polar surface area (TPSA) is 68.2 Å². The zero-order valence-corrected chi connectivity index (χ0v) is 15.0. The number of aromatic nitrogens is 1. The first-order chi connectivity index (χ1) is 13.2. The Morgan fingerprint density at radius 3 is 1.74 bits per heavy atom. The largest absolute Gasteiger partial charge is 0.396 e. The van der Waals surface area contributed by atoms with Crippen molar-refractivity contribution < 1.29 is 0 Å². The van der Waals surface area contributed by atoms with E-state index in [2.05, 4.69) is 29.2 Å². The minimum atomic E-state index is 0.528. The van der Waals surface area contributed by atoms with Gasteiger partial charge in [0.05, 0.1) is 16.9 Å². The minimum Gasteiger partial charge on any atom is -0.396 e. The molecular weight excluding hydrogens is 332 g/mol. The smallest absolute Gasteiger partial charge is 0.155 e. The van der Waals surface area contributed by atoms with Gasteiger partial charge in [0.2, 0.25) is 0 Å². The van der Waals surface area contributed by atoms with E-state index in [1.165, 1.54) is 11.1 Å². The summed E-state index contributed by atoms with van der Waals surface area (Å²) in [5.74, 6) is 0.721. The van der Waals surface area contributed by atoms with Gasteiger partial charge >= 0.3 is 0 Å². The third kappa shape index (κ3) is 3.55. The number of benzene rings is 3. The van der Waals surface area contributed by atoms with Gasteiger partial charge in [-0.05, 0) is 17.2 Å². The van der Waals surface area contributed by atoms with Crippen LogP contribution in [0.4, 0.5) is 17.2 Å². The second-order valence-electron chi connectivity index (χ2n) is 6.61. The molecule has 0 saturated carbocycles. The van der Waals surface area contributed by atoms with Crippen molar-refractivity contribution in [3.05, 3.63) is 96.1 Å². The summed E-state index contributed by atoms with van der Waals surface area (Å²) in [5.41, 5.74) is 17.1. The average Bonchev–Trinajstić information content (AvgIpc) is 2.72. The summed E-state index contributed by atoms with van der Waals surface area (Å²) in [5, 5.41) is 0.887. The van der Waals surface area contributed by atoms with E-state index in [0.717, 1.165) is 16.7 Å². The minimum absolute atomic E-state index is 0.528. The summed E-state index contributed by atoms with van der Waals surface area (Å²) in [6, 6.07) is 28.5. The van der Waals surface area contributed by atoms with Crippen molar-refractivity contribution >= 4 is 28.1 Å². The molecule has 0 fully saturated rings. The van der Waals surface area contributed by atoms with Gasteiger partial charge in [-0.15, -0.1) is 0 Å². The lowest BCUT2D eigenvalue weighted by molar-refractivity contribution is 0.788. The molecule has 4 aromatic rings. The molecule has 0 aliphatic carbocycles. The van der Waals surface area contributed by atoms with Crippen LogP contribution in [0.1, 0.15) is 11.1 Å². The number of para-hydroxylation sites is 1. The summed E-state index contributed by atoms with van der Waals surface area (Å²) in [7, 11) is 0. The van der Waals surface area contributed by atoms with Gasteiger partial charge in [-0.1, -0.05) is 78.9 Å². The van der Waals surface area contributed by atoms with E-state index in [-0.39, 0.29) is 0 Å². The first-order valence-electron chi connectivity index (χ1n) is 8.99. The Balaban J connectivity index is 1.80. The van der Waals surface area contributed by atoms with Crippen molar-refractivity contribution in [1.82, 2.24) is 4.98 Å². The van der Waals surface area contributed by atoms with Crippen LogP contribution >= 0.6 is 0 Å². The molecule has 4 heteroatoms. The van der Waals surface area contributed by atoms with Crippen molar-refractivity contribution in [3.63, 3.8) is 0 Å². The Labute approximate surface area is 159 Å². The molecule has 134 valence electrons. The van der Waals surface area contributed by atoms with Crippen LogP contribution in [-0.2, 0) is 13.1 Å². The van der Waals surface area contributed by atoms with E-state index in [9.17, 15) is 0 Å². The fraction of sp³-hybridized carbons (Fsp3) is 0.0870. The molecule has 1 heterocycles. The summed E-state index contributed by atoms with van der Waals surface area (Å²) >= 11 is 0. The summed E-state index contributed by atoms with van der Waals surface area (Å²) in [4.78, 5) is 7.03. The Morgan fingerprint density at radius 1 is 0.630 bits per heavy atom. The van der Waals surface area contributed by atoms with Gasteiger partial charge in [-0.25, -0.2) is 4.98 Å². The van der Waals surface area contributed by atoms with Gasteiger partial charge < -0.3 is 16.4 Å². The van der Waals surface area contributed by atoms with Gasteiger partial charge in [0.25, 0.3) is 0 Å². The second-order valence-corrected chi connectivity index (χ2v) is 6.61. The van der Waals surface area contributed by atoms with E-state index in [1.54, 1.807) is 0 Å². The lowest BCUT2D eigenvalue weighted by Crippen LogP contribution is -2.24. The van der Waals surface area contributed by atoms with E-state index in [0.29, 0.717) is 24.5 Å². The van der Waals surface area contributed by atoms with Crippen LogP contribution in [0.5, 0.6) is 0 Å². The van der Waals surface area contributed by atoms with E-state index < -0.39 is 0 Å². The molecule has 1 aromatic heterocycles. The lowest BCUT2D eigenvalue weighted by Gasteiger charge is -2.26. The highest BCUT2D eigenvalue weighted by Crippen LogP contribution is 2.34. The van der Waals surface area contributed by atoms with Gasteiger partial charge in [0, 0.05) is 18.5 Å². The van der Waals surface area contributed by atoms with Gasteiger partial charge in [-0.2, -0.15) is 0 Å². The highest BCUT2D eigenvalue weighted by molar-refractivity contribution is 6.00. The molecule has 4 nitrogen and oxygen atoms in total. The number of rotatable bonds is 5. The predicted octanol–water partition coefficient (Wildman–Crippen LogP) is 4.61. The first-order valence-corrected chi connectivity index (χ1v) is 8.99. The first kappa shape index (κ1) is 16.9. The zero-order chi connectivity index (χ0) is 18.6. The summed E-state index contributed by atoms with van der Waals surface area (Å²) in [6.07, 6.45) is 0. The second kappa shape index (κ2) is 7.38. The average molecular weight is 354 g/mol. The Bertz CT molecular complexity index is 1000. The van der Waals surface area contributed by atoms with Crippen LogP contribution in [0.3, 0.4) is 0 Å². The van der Waals surface area contributed by atoms with Crippen molar-refractivity contribution in [3.8, 4) is 0 Å². The van der Waals surface area contributed by atoms with Gasteiger partial charge in [0.15, 0.2) is 5.82 Å². The highest BCUT2D eigenvalue weighted by Gasteiger charge is 2.17. The molecule has 0 bridgehead atoms. The fourth-order valence-electron chi connectivity index (χ4n) is 3.29. The summed E-state index contributed by atoms with van der Waals surface area (Å²) < 4.78 is 0. The molecule has 0 saturated heterocycles. The molecular formula is C23H22N4. The SMILES string of the molecule is Nc1c(N(Cc2ccccc2)Cc2ccccc2)nc2ccccc2c1N. The number of nitrogens with zero attached hydrogens (tertiary/aromatic N) is 2. The maximum absolute atomic E-state index is 6.43. The number of anilines is 3. The van der Waals surface area contributed by atoms with Crippen LogP contribution < -0.4 is 16.4 Å². The van der Waals surface area contributed by atoms with Crippen molar-refractivity contribution in [2.75, 3.05) is 16.4 Å². The molecule has 0 amide bonds. The van der Waals surface area contributed by atoms with Gasteiger partial charge in [-0.3, -0.25) is 0 Å². The van der Waals surface area contributed by atoms with E-state index >= 15 is 0 Å². The third-order valence-electron chi connectivity index (χ3n) is 4.68. The van der Waals surface area contributed by atoms with Crippen LogP contribution in [0.25, 0.3) is 10.9 Å². The molecule has 0 radical (unpaired) electrons. The highest BCUT2D eigenvalue weighted by atomic mass is 15.2. The lowest BCUT2D eigenvalue weighted by atomic mass is 10.1. The van der Waals surface area contributed by atoms with Crippen LogP contribution in [0, 0.1) is 0 Å². The molecule has 4 rings (SSSR count). The Hall–Kier alpha value is -3.53. The van der Waals surface area contributed by atoms with Crippen LogP contribution in [0.2, 0.25) is 0 Å². The maximum Gasteiger partial charge on any atom is 0.155 e. The Morgan fingerprint density at radius 2 is 1.15 bits per heavy atom. The monoisotopic (exact) mass is 354 g/mol. The number of nitrogens with two attached hydrogens (primary N) is 2. The number of hydrogen-bond donors (Lipinski definition) is 2. The van der Waals surface area contributed by atoms with Crippen LogP contribution in [0.15, 0.2) is 84.9 Å². The summed E-state index contributed by atoms with van der Waals surface area (Å²) in [6.45, 7) is 1.40. The van der Waals surface area contributed by atoms with Crippen molar-refractivity contribution in [1.29, 1.82) is 0 Å². The quantitative estimate of drug-likeness (QED) is 0.549. The number of pyridine rings is 1. The van der Waals surface area contributed by atoms with Crippen molar-refractivity contribution in [2.24, 2.45) is 0 Å². The molecule has 0 aliphatic heterocycles. The molecule has 0 spiro atoms. The molecule has 27 heavy (non-hydrogen) atoms. The molecule has 4 N–H and O–H groups in total. The van der Waals surface area contributed by atoms with Crippen LogP contribution in [-0.4, -0.2) is 4.98 Å². The van der Waals surface area contributed by atoms with E-state index in [4.69, 9.17) is 16.5 Å². The standard InChI is InChI=1S/C23H22N4/c24-21-19-13-7-8-14-20(19)26-23(22(21)25)27(15-17-9-3-1-4-10-17)16-18-11-5-2-6-12-18/h1-14H,15-16,25H2,(H2,24,26). The number of nitrogen functional groups attached to an aromatic ring is 2. The van der Waals surface area contributed by atoms with Crippen molar-refractivity contribution in [2.45, 2.75) is 13.1 Å². The normalized spacial score (nSPS) is 10.8.